The molecule has 9 heteroatoms. The number of sulfonamides is 1. The third-order valence-corrected chi connectivity index (χ3v) is 7.17. The zero-order valence-corrected chi connectivity index (χ0v) is 19.8. The molecule has 0 spiro atoms. The van der Waals surface area contributed by atoms with Crippen LogP contribution in [0.1, 0.15) is 16.9 Å². The fourth-order valence-corrected chi connectivity index (χ4v) is 4.77. The van der Waals surface area contributed by atoms with E-state index >= 15 is 0 Å². The molecule has 27 heavy (non-hydrogen) atoms. The van der Waals surface area contributed by atoms with Crippen LogP contribution in [0.25, 0.3) is 0 Å². The summed E-state index contributed by atoms with van der Waals surface area (Å²) in [5, 5.41) is 6.50. The van der Waals surface area contributed by atoms with Gasteiger partial charge in [-0.25, -0.2) is 12.7 Å². The molecule has 0 radical (unpaired) electrons. The second-order valence-corrected chi connectivity index (χ2v) is 9.50. The molecule has 0 saturated carbocycles. The number of halogens is 1. The van der Waals surface area contributed by atoms with Crippen molar-refractivity contribution < 1.29 is 8.42 Å². The Balaban J connectivity index is 0.00000364. The number of hydrogen-bond acceptors (Lipinski definition) is 4. The summed E-state index contributed by atoms with van der Waals surface area (Å²) in [5.41, 5.74) is 1.32. The van der Waals surface area contributed by atoms with Gasteiger partial charge in [0.05, 0.1) is 6.54 Å². The maximum Gasteiger partial charge on any atom is 0.252 e. The van der Waals surface area contributed by atoms with Crippen LogP contribution in [0.4, 0.5) is 0 Å². The number of aliphatic imine (C=N–C) groups is 1. The highest BCUT2D eigenvalue weighted by atomic mass is 127. The third kappa shape index (κ3) is 7.40. The molecule has 150 valence electrons. The van der Waals surface area contributed by atoms with Crippen molar-refractivity contribution in [1.82, 2.24) is 14.9 Å². The monoisotopic (exact) mass is 522 g/mol. The van der Waals surface area contributed by atoms with E-state index in [2.05, 4.69) is 39.9 Å². The zero-order chi connectivity index (χ0) is 19.0. The predicted octanol–water partition coefficient (Wildman–Crippen LogP) is 2.91. The SMILES string of the molecule is CN=C(NCCCc1ccccc1)NCc1ccc(S(=O)(=O)N(C)C)s1.I. The molecule has 1 heterocycles. The molecule has 1 aromatic heterocycles. The average molecular weight is 522 g/mol. The van der Waals surface area contributed by atoms with Gasteiger partial charge < -0.3 is 10.6 Å². The minimum Gasteiger partial charge on any atom is -0.356 e. The number of rotatable bonds is 8. The van der Waals surface area contributed by atoms with Gasteiger partial charge in [0.2, 0.25) is 0 Å². The van der Waals surface area contributed by atoms with Gasteiger partial charge >= 0.3 is 0 Å². The maximum absolute atomic E-state index is 12.1. The van der Waals surface area contributed by atoms with Gasteiger partial charge in [-0.15, -0.1) is 35.3 Å². The smallest absolute Gasteiger partial charge is 0.252 e. The third-order valence-electron chi connectivity index (χ3n) is 3.80. The van der Waals surface area contributed by atoms with Gasteiger partial charge in [-0.05, 0) is 30.5 Å². The quantitative estimate of drug-likeness (QED) is 0.242. The van der Waals surface area contributed by atoms with Gasteiger partial charge in [-0.1, -0.05) is 30.3 Å². The van der Waals surface area contributed by atoms with E-state index in [9.17, 15) is 8.42 Å². The molecule has 0 unspecified atom stereocenters. The summed E-state index contributed by atoms with van der Waals surface area (Å²) in [4.78, 5) is 5.15. The van der Waals surface area contributed by atoms with Crippen LogP contribution < -0.4 is 10.6 Å². The molecule has 0 aliphatic heterocycles. The normalized spacial score (nSPS) is 11.9. The van der Waals surface area contributed by atoms with Crippen LogP contribution in [0.5, 0.6) is 0 Å². The number of aryl methyl sites for hydroxylation is 1. The van der Waals surface area contributed by atoms with Gasteiger partial charge in [0, 0.05) is 32.6 Å². The van der Waals surface area contributed by atoms with Crippen molar-refractivity contribution >= 4 is 51.3 Å². The number of benzene rings is 1. The predicted molar refractivity (Wildman–Crippen MR) is 124 cm³/mol. The van der Waals surface area contributed by atoms with Crippen LogP contribution >= 0.6 is 35.3 Å². The first-order chi connectivity index (χ1) is 12.4. The summed E-state index contributed by atoms with van der Waals surface area (Å²) in [6, 6.07) is 13.9. The maximum atomic E-state index is 12.1. The second kappa shape index (κ2) is 11.6. The number of thiophene rings is 1. The van der Waals surface area contributed by atoms with E-state index < -0.39 is 10.0 Å². The summed E-state index contributed by atoms with van der Waals surface area (Å²) < 4.78 is 25.8. The lowest BCUT2D eigenvalue weighted by molar-refractivity contribution is 0.523. The molecule has 0 fully saturated rings. The van der Waals surface area contributed by atoms with Crippen molar-refractivity contribution in [2.24, 2.45) is 4.99 Å². The highest BCUT2D eigenvalue weighted by Gasteiger charge is 2.19. The van der Waals surface area contributed by atoms with Crippen molar-refractivity contribution in [2.75, 3.05) is 27.7 Å². The first-order valence-electron chi connectivity index (χ1n) is 8.43. The molecule has 2 N–H and O–H groups in total. The van der Waals surface area contributed by atoms with E-state index in [-0.39, 0.29) is 24.0 Å². The Bertz CT molecular complexity index is 821. The molecule has 0 saturated heterocycles. The number of nitrogens with one attached hydrogen (secondary N) is 2. The summed E-state index contributed by atoms with van der Waals surface area (Å²) >= 11 is 1.27. The van der Waals surface area contributed by atoms with Crippen LogP contribution in [0.2, 0.25) is 0 Å². The van der Waals surface area contributed by atoms with Crippen LogP contribution in [0.3, 0.4) is 0 Å². The minimum absolute atomic E-state index is 0. The standard InChI is InChI=1S/C18H26N4O2S2.HI/c1-19-18(20-13-7-10-15-8-5-4-6-9-15)21-14-16-11-12-17(25-16)26(23,24)22(2)3;/h4-6,8-9,11-12H,7,10,13-14H2,1-3H3,(H2,19,20,21);1H. The van der Waals surface area contributed by atoms with Crippen LogP contribution in [0.15, 0.2) is 51.7 Å². The van der Waals surface area contributed by atoms with Crippen molar-refractivity contribution in [2.45, 2.75) is 23.6 Å². The van der Waals surface area contributed by atoms with E-state index in [0.717, 1.165) is 24.3 Å². The van der Waals surface area contributed by atoms with Gasteiger partial charge in [-0.2, -0.15) is 0 Å². The number of guanidine groups is 1. The van der Waals surface area contributed by atoms with E-state index in [1.54, 1.807) is 13.1 Å². The van der Waals surface area contributed by atoms with Gasteiger partial charge in [0.1, 0.15) is 4.21 Å². The number of hydrogen-bond donors (Lipinski definition) is 2. The molecule has 0 aliphatic carbocycles. The molecular weight excluding hydrogens is 495 g/mol. The molecule has 2 rings (SSSR count). The highest BCUT2D eigenvalue weighted by Crippen LogP contribution is 2.23. The van der Waals surface area contributed by atoms with Gasteiger partial charge in [0.25, 0.3) is 10.0 Å². The van der Waals surface area contributed by atoms with Crippen molar-refractivity contribution in [3.05, 3.63) is 52.9 Å². The van der Waals surface area contributed by atoms with Crippen LogP contribution in [-0.2, 0) is 23.0 Å². The Kier molecular flexibility index (Phi) is 10.3. The lowest BCUT2D eigenvalue weighted by atomic mass is 10.1. The van der Waals surface area contributed by atoms with Gasteiger partial charge in [-0.3, -0.25) is 4.99 Å². The first-order valence-corrected chi connectivity index (χ1v) is 10.7. The Morgan fingerprint density at radius 2 is 1.81 bits per heavy atom. The molecule has 0 amide bonds. The van der Waals surface area contributed by atoms with E-state index in [4.69, 9.17) is 0 Å². The zero-order valence-electron chi connectivity index (χ0n) is 15.8. The second-order valence-electron chi connectivity index (χ2n) is 5.95. The molecule has 0 aliphatic rings. The van der Waals surface area contributed by atoms with Crippen molar-refractivity contribution in [1.29, 1.82) is 0 Å². The lowest BCUT2D eigenvalue weighted by Crippen LogP contribution is -2.37. The molecule has 1 aromatic carbocycles. The Morgan fingerprint density at radius 3 is 2.44 bits per heavy atom. The van der Waals surface area contributed by atoms with Crippen LogP contribution in [-0.4, -0.2) is 46.4 Å². The van der Waals surface area contributed by atoms with Gasteiger partial charge in [0.15, 0.2) is 5.96 Å². The van der Waals surface area contributed by atoms with Crippen molar-refractivity contribution in [3.8, 4) is 0 Å². The molecule has 2 aromatic rings. The Hall–Kier alpha value is -1.17. The van der Waals surface area contributed by atoms with E-state index in [0.29, 0.717) is 16.7 Å². The van der Waals surface area contributed by atoms with E-state index in [1.165, 1.54) is 35.3 Å². The average Bonchev–Trinajstić information content (AvgIpc) is 3.11. The van der Waals surface area contributed by atoms with Crippen molar-refractivity contribution in [3.63, 3.8) is 0 Å². The topological polar surface area (TPSA) is 73.8 Å². The summed E-state index contributed by atoms with van der Waals surface area (Å²) in [5.74, 6) is 0.712. The van der Waals surface area contributed by atoms with E-state index in [1.807, 2.05) is 12.1 Å². The molecule has 0 atom stereocenters. The number of nitrogens with zero attached hydrogens (tertiary/aromatic N) is 2. The van der Waals surface area contributed by atoms with Crippen LogP contribution in [0, 0.1) is 0 Å². The first kappa shape index (κ1) is 23.9. The summed E-state index contributed by atoms with van der Waals surface area (Å²) in [6.45, 7) is 1.35. The summed E-state index contributed by atoms with van der Waals surface area (Å²) in [7, 11) is 1.43. The highest BCUT2D eigenvalue weighted by molar-refractivity contribution is 14.0. The fraction of sp³-hybridized carbons (Fsp3) is 0.389. The fourth-order valence-electron chi connectivity index (χ4n) is 2.31. The Morgan fingerprint density at radius 1 is 1.11 bits per heavy atom. The minimum atomic E-state index is -3.37. The molecule has 6 nitrogen and oxygen atoms in total. The largest absolute Gasteiger partial charge is 0.356 e. The lowest BCUT2D eigenvalue weighted by Gasteiger charge is -2.11. The Labute approximate surface area is 183 Å². The molecule has 0 bridgehead atoms. The summed E-state index contributed by atoms with van der Waals surface area (Å²) in [6.07, 6.45) is 2.02. The molecular formula is C18H27IN4O2S2.